The monoisotopic (exact) mass is 501 g/mol. The van der Waals surface area contributed by atoms with Crippen molar-refractivity contribution in [1.82, 2.24) is 4.90 Å². The number of carbonyl (C=O) groups excluding carboxylic acids is 1. The van der Waals surface area contributed by atoms with E-state index in [0.717, 1.165) is 38.8 Å². The number of Topliss-reactive ketones (excluding diaryl/α,β-unsaturated/α-hetero) is 1. The van der Waals surface area contributed by atoms with E-state index in [1.54, 1.807) is 11.8 Å². The zero-order chi connectivity index (χ0) is 25.4. The van der Waals surface area contributed by atoms with Gasteiger partial charge in [0.15, 0.2) is 16.5 Å². The van der Waals surface area contributed by atoms with E-state index >= 15 is 0 Å². The molecular formula is C32H27N3OS. The molecule has 2 heterocycles. The lowest BCUT2D eigenvalue weighted by atomic mass is 9.73. The zero-order valence-electron chi connectivity index (χ0n) is 20.8. The molecular weight excluding hydrogens is 474 g/mol. The van der Waals surface area contributed by atoms with Crippen LogP contribution in [0.3, 0.4) is 0 Å². The van der Waals surface area contributed by atoms with Crippen molar-refractivity contribution >= 4 is 34.1 Å². The summed E-state index contributed by atoms with van der Waals surface area (Å²) in [4.78, 5) is 24.3. The van der Waals surface area contributed by atoms with Crippen LogP contribution in [-0.4, -0.2) is 29.9 Å². The van der Waals surface area contributed by atoms with Gasteiger partial charge in [-0.25, -0.2) is 4.99 Å². The molecule has 2 aliphatic heterocycles. The maximum absolute atomic E-state index is 15.0. The maximum Gasteiger partial charge on any atom is 0.196 e. The lowest BCUT2D eigenvalue weighted by Gasteiger charge is -2.47. The van der Waals surface area contributed by atoms with Crippen LogP contribution < -0.4 is 4.90 Å². The summed E-state index contributed by atoms with van der Waals surface area (Å²) in [6.07, 6.45) is 0. The Bertz CT molecular complexity index is 1440. The number of carbonyl (C=O) groups is 1. The highest BCUT2D eigenvalue weighted by Gasteiger charge is 2.56. The predicted octanol–water partition coefficient (Wildman–Crippen LogP) is 6.72. The number of anilines is 1. The fraction of sp³-hybridized carbons (Fsp3) is 0.125. The number of fused-ring (bicyclic) bond motifs is 1. The molecule has 0 spiro atoms. The normalized spacial score (nSPS) is 18.2. The van der Waals surface area contributed by atoms with Gasteiger partial charge in [0.1, 0.15) is 6.04 Å². The van der Waals surface area contributed by atoms with Crippen molar-refractivity contribution in [2.75, 3.05) is 19.0 Å². The van der Waals surface area contributed by atoms with Gasteiger partial charge in [0.2, 0.25) is 0 Å². The fourth-order valence-electron chi connectivity index (χ4n) is 5.26. The predicted molar refractivity (Wildman–Crippen MR) is 153 cm³/mol. The molecule has 0 amide bonds. The Hall–Kier alpha value is -4.09. The first-order valence-corrected chi connectivity index (χ1v) is 13.2. The first-order chi connectivity index (χ1) is 18.1. The molecule has 5 heteroatoms. The molecule has 37 heavy (non-hydrogen) atoms. The lowest BCUT2D eigenvalue weighted by Crippen LogP contribution is -2.56. The van der Waals surface area contributed by atoms with Gasteiger partial charge < -0.3 is 4.90 Å². The summed E-state index contributed by atoms with van der Waals surface area (Å²) >= 11 is 1.58. The van der Waals surface area contributed by atoms with Crippen molar-refractivity contribution in [2.45, 2.75) is 11.6 Å². The van der Waals surface area contributed by atoms with Crippen molar-refractivity contribution < 1.29 is 4.79 Å². The average Bonchev–Trinajstić information content (AvgIpc) is 3.39. The highest BCUT2D eigenvalue weighted by atomic mass is 32.2. The van der Waals surface area contributed by atoms with Gasteiger partial charge in [-0.15, -0.1) is 0 Å². The van der Waals surface area contributed by atoms with Crippen molar-refractivity contribution in [2.24, 2.45) is 4.99 Å². The Morgan fingerprint density at radius 1 is 0.757 bits per heavy atom. The summed E-state index contributed by atoms with van der Waals surface area (Å²) in [5.41, 5.74) is 4.80. The topological polar surface area (TPSA) is 35.9 Å². The smallest absolute Gasteiger partial charge is 0.196 e. The van der Waals surface area contributed by atoms with Gasteiger partial charge in [0.25, 0.3) is 0 Å². The molecule has 0 aliphatic carbocycles. The molecule has 0 fully saturated rings. The Kier molecular flexibility index (Phi) is 5.93. The number of amidine groups is 1. The molecule has 1 unspecified atom stereocenters. The van der Waals surface area contributed by atoms with E-state index in [-0.39, 0.29) is 5.78 Å². The molecule has 0 saturated heterocycles. The Labute approximate surface area is 222 Å². The quantitative estimate of drug-likeness (QED) is 0.304. The number of hydrogen-bond donors (Lipinski definition) is 0. The van der Waals surface area contributed by atoms with E-state index in [1.807, 2.05) is 80.8 Å². The summed E-state index contributed by atoms with van der Waals surface area (Å²) < 4.78 is 0. The van der Waals surface area contributed by atoms with Crippen molar-refractivity contribution in [3.8, 4) is 0 Å². The number of nitrogens with zero attached hydrogens (tertiary/aromatic N) is 3. The summed E-state index contributed by atoms with van der Waals surface area (Å²) in [5.74, 6) is 0.0376. The lowest BCUT2D eigenvalue weighted by molar-refractivity contribution is -0.128. The molecule has 0 aromatic heterocycles. The molecule has 4 aromatic rings. The largest absolute Gasteiger partial charge is 0.378 e. The summed E-state index contributed by atoms with van der Waals surface area (Å²) in [6.45, 7) is 0. The molecule has 0 N–H and O–H groups in total. The molecule has 0 saturated carbocycles. The average molecular weight is 502 g/mol. The van der Waals surface area contributed by atoms with Crippen LogP contribution in [0.2, 0.25) is 0 Å². The Morgan fingerprint density at radius 3 is 1.84 bits per heavy atom. The second kappa shape index (κ2) is 9.41. The van der Waals surface area contributed by atoms with Gasteiger partial charge in [-0.05, 0) is 34.4 Å². The molecule has 182 valence electrons. The number of benzene rings is 4. The Balaban J connectivity index is 1.62. The number of rotatable bonds is 5. The van der Waals surface area contributed by atoms with Gasteiger partial charge in [-0.2, -0.15) is 0 Å². The van der Waals surface area contributed by atoms with Crippen LogP contribution >= 0.6 is 11.8 Å². The minimum Gasteiger partial charge on any atom is -0.378 e. The van der Waals surface area contributed by atoms with Crippen molar-refractivity contribution in [1.29, 1.82) is 0 Å². The SMILES string of the molecule is CN(C)c1ccc(C2N=C3SC=C(c4ccccc4)N3C(c3ccccc3)(c3ccccc3)C2=O)cc1. The summed E-state index contributed by atoms with van der Waals surface area (Å²) in [6, 6.07) is 38.1. The van der Waals surface area contributed by atoms with Gasteiger partial charge >= 0.3 is 0 Å². The first kappa shape index (κ1) is 23.3. The van der Waals surface area contributed by atoms with Crippen LogP contribution in [0.4, 0.5) is 5.69 Å². The minimum absolute atomic E-state index is 0.0376. The number of aliphatic imine (C=N–C) groups is 1. The van der Waals surface area contributed by atoms with Crippen LogP contribution in [0.25, 0.3) is 5.70 Å². The third-order valence-corrected chi connectivity index (χ3v) is 7.91. The van der Waals surface area contributed by atoms with Crippen molar-refractivity contribution in [3.05, 3.63) is 143 Å². The maximum atomic E-state index is 15.0. The van der Waals surface area contributed by atoms with Crippen LogP contribution in [0.1, 0.15) is 28.3 Å². The number of ketones is 1. The van der Waals surface area contributed by atoms with E-state index in [2.05, 4.69) is 63.7 Å². The van der Waals surface area contributed by atoms with Crippen molar-refractivity contribution in [3.63, 3.8) is 0 Å². The van der Waals surface area contributed by atoms with Gasteiger partial charge in [-0.1, -0.05) is 115 Å². The van der Waals surface area contributed by atoms with E-state index in [0.29, 0.717) is 0 Å². The molecule has 0 radical (unpaired) electrons. The third kappa shape index (κ3) is 3.78. The van der Waals surface area contributed by atoms with E-state index < -0.39 is 11.6 Å². The van der Waals surface area contributed by atoms with E-state index in [9.17, 15) is 4.79 Å². The molecule has 0 bridgehead atoms. The highest BCUT2D eigenvalue weighted by Crippen LogP contribution is 2.52. The van der Waals surface area contributed by atoms with Crippen LogP contribution in [0, 0.1) is 0 Å². The standard InChI is InChI=1S/C32H27N3OS/c1-34(2)27-20-18-24(19-21-27)29-30(36)32(25-14-8-4-9-15-25,26-16-10-5-11-17-26)35-28(22-37-31(35)33-29)23-12-6-3-7-13-23/h3-22,29H,1-2H3. The van der Waals surface area contributed by atoms with Crippen LogP contribution in [0.5, 0.6) is 0 Å². The zero-order valence-corrected chi connectivity index (χ0v) is 21.6. The second-order valence-electron chi connectivity index (χ2n) is 9.43. The van der Waals surface area contributed by atoms with E-state index in [1.165, 1.54) is 0 Å². The minimum atomic E-state index is -1.07. The van der Waals surface area contributed by atoms with Gasteiger partial charge in [0, 0.05) is 25.2 Å². The first-order valence-electron chi connectivity index (χ1n) is 12.3. The second-order valence-corrected chi connectivity index (χ2v) is 10.3. The Morgan fingerprint density at radius 2 is 1.30 bits per heavy atom. The molecule has 1 atom stereocenters. The molecule has 2 aliphatic rings. The summed E-state index contributed by atoms with van der Waals surface area (Å²) in [5, 5.41) is 2.95. The van der Waals surface area contributed by atoms with Gasteiger partial charge in [0.05, 0.1) is 5.70 Å². The van der Waals surface area contributed by atoms with E-state index in [4.69, 9.17) is 4.99 Å². The highest BCUT2D eigenvalue weighted by molar-refractivity contribution is 8.16. The molecule has 6 rings (SSSR count). The van der Waals surface area contributed by atoms with Crippen LogP contribution in [0.15, 0.2) is 126 Å². The number of thioether (sulfide) groups is 1. The van der Waals surface area contributed by atoms with Gasteiger partial charge in [-0.3, -0.25) is 9.69 Å². The third-order valence-electron chi connectivity index (χ3n) is 7.07. The fourth-order valence-corrected chi connectivity index (χ4v) is 6.23. The van der Waals surface area contributed by atoms with Crippen LogP contribution in [-0.2, 0) is 10.3 Å². The molecule has 4 nitrogen and oxygen atoms in total. The number of hydrogen-bond acceptors (Lipinski definition) is 5. The molecule has 4 aromatic carbocycles. The summed E-state index contributed by atoms with van der Waals surface area (Å²) in [7, 11) is 4.03.